The number of aryl methyl sites for hydroxylation is 1. The molecule has 0 saturated carbocycles. The number of nitrogens with zero attached hydrogens (tertiary/aromatic N) is 5. The summed E-state index contributed by atoms with van der Waals surface area (Å²) in [6.45, 7) is 1.75. The minimum Gasteiger partial charge on any atom is -0.375 e. The molecule has 148 valence electrons. The number of fused-ring (bicyclic) bond motifs is 1. The van der Waals surface area contributed by atoms with Crippen LogP contribution in [0.2, 0.25) is 0 Å². The van der Waals surface area contributed by atoms with Gasteiger partial charge in [-0.25, -0.2) is 4.98 Å². The van der Waals surface area contributed by atoms with Gasteiger partial charge in [-0.1, -0.05) is 11.3 Å². The van der Waals surface area contributed by atoms with Crippen LogP contribution in [0, 0.1) is 0 Å². The fourth-order valence-electron chi connectivity index (χ4n) is 3.71. The van der Waals surface area contributed by atoms with Gasteiger partial charge in [-0.2, -0.15) is 5.10 Å². The molecule has 3 aromatic rings. The number of benzene rings is 1. The Labute approximate surface area is 167 Å². The number of ether oxygens (including phenoxy) is 1. The normalized spacial score (nSPS) is 20.2. The number of amides is 1. The van der Waals surface area contributed by atoms with E-state index in [9.17, 15) is 4.79 Å². The fraction of sp³-hybridized carbons (Fsp3) is 0.421. The van der Waals surface area contributed by atoms with Crippen LogP contribution < -0.4 is 5.73 Å². The number of thiazole rings is 1. The molecule has 1 amide bonds. The fourth-order valence-corrected chi connectivity index (χ4v) is 4.42. The molecule has 1 aliphatic heterocycles. The maximum Gasteiger partial charge on any atom is 0.254 e. The lowest BCUT2D eigenvalue weighted by molar-refractivity contribution is -0.0684. The van der Waals surface area contributed by atoms with Crippen LogP contribution in [0.25, 0.3) is 10.2 Å². The quantitative estimate of drug-likeness (QED) is 0.718. The third-order valence-electron chi connectivity index (χ3n) is 4.88. The summed E-state index contributed by atoms with van der Waals surface area (Å²) in [7, 11) is 5.89. The molecule has 4 rings (SSSR count). The van der Waals surface area contributed by atoms with Crippen LogP contribution in [0.3, 0.4) is 0 Å². The second-order valence-corrected chi connectivity index (χ2v) is 8.36. The molecule has 9 heteroatoms. The van der Waals surface area contributed by atoms with Crippen LogP contribution in [0.5, 0.6) is 0 Å². The van der Waals surface area contributed by atoms with Gasteiger partial charge in [0.15, 0.2) is 5.13 Å². The molecule has 2 atom stereocenters. The van der Waals surface area contributed by atoms with Gasteiger partial charge in [0.05, 0.1) is 35.2 Å². The van der Waals surface area contributed by atoms with E-state index in [4.69, 9.17) is 10.5 Å². The van der Waals surface area contributed by atoms with Crippen molar-refractivity contribution in [1.82, 2.24) is 24.6 Å². The summed E-state index contributed by atoms with van der Waals surface area (Å²) in [5, 5.41) is 4.81. The van der Waals surface area contributed by atoms with E-state index in [1.165, 1.54) is 11.3 Å². The van der Waals surface area contributed by atoms with Gasteiger partial charge in [0.2, 0.25) is 0 Å². The molecule has 8 nitrogen and oxygen atoms in total. The Morgan fingerprint density at radius 2 is 2.25 bits per heavy atom. The van der Waals surface area contributed by atoms with E-state index in [2.05, 4.69) is 15.0 Å². The summed E-state index contributed by atoms with van der Waals surface area (Å²) in [6.07, 6.45) is 3.63. The number of hydrogen-bond donors (Lipinski definition) is 1. The maximum absolute atomic E-state index is 13.4. The predicted octanol–water partition coefficient (Wildman–Crippen LogP) is 1.76. The smallest absolute Gasteiger partial charge is 0.254 e. The highest BCUT2D eigenvalue weighted by molar-refractivity contribution is 7.22. The van der Waals surface area contributed by atoms with E-state index in [1.807, 2.05) is 56.6 Å². The number of carbonyl (C=O) groups excluding carboxylic acids is 1. The number of anilines is 1. The van der Waals surface area contributed by atoms with Gasteiger partial charge in [0.1, 0.15) is 0 Å². The number of nitrogen functional groups attached to an aromatic ring is 1. The summed E-state index contributed by atoms with van der Waals surface area (Å²) in [4.78, 5) is 21.7. The Kier molecular flexibility index (Phi) is 5.05. The molecule has 1 aliphatic rings. The van der Waals surface area contributed by atoms with Crippen LogP contribution in [0.4, 0.5) is 5.13 Å². The first-order valence-corrected chi connectivity index (χ1v) is 9.96. The molecule has 0 radical (unpaired) electrons. The highest BCUT2D eigenvalue weighted by Gasteiger charge is 2.37. The highest BCUT2D eigenvalue weighted by Crippen LogP contribution is 2.32. The molecule has 2 aromatic heterocycles. The Balaban J connectivity index is 1.70. The first kappa shape index (κ1) is 18.9. The number of nitrogens with two attached hydrogens (primary N) is 1. The Bertz CT molecular complexity index is 997. The molecule has 1 aromatic carbocycles. The first-order chi connectivity index (χ1) is 13.4. The van der Waals surface area contributed by atoms with E-state index in [1.54, 1.807) is 4.68 Å². The lowest BCUT2D eigenvalue weighted by Crippen LogP contribution is -2.51. The van der Waals surface area contributed by atoms with Crippen molar-refractivity contribution in [1.29, 1.82) is 0 Å². The molecule has 1 saturated heterocycles. The summed E-state index contributed by atoms with van der Waals surface area (Å²) in [5.41, 5.74) is 8.14. The number of aromatic nitrogens is 3. The average molecular weight is 401 g/mol. The van der Waals surface area contributed by atoms with Crippen molar-refractivity contribution in [3.63, 3.8) is 0 Å². The van der Waals surface area contributed by atoms with Gasteiger partial charge in [-0.15, -0.1) is 0 Å². The van der Waals surface area contributed by atoms with Crippen LogP contribution >= 0.6 is 11.3 Å². The van der Waals surface area contributed by atoms with Gasteiger partial charge < -0.3 is 20.3 Å². The van der Waals surface area contributed by atoms with Crippen molar-refractivity contribution in [3.8, 4) is 0 Å². The van der Waals surface area contributed by atoms with E-state index < -0.39 is 0 Å². The molecule has 2 N–H and O–H groups in total. The van der Waals surface area contributed by atoms with Gasteiger partial charge in [-0.3, -0.25) is 9.48 Å². The molecular weight excluding hydrogens is 376 g/mol. The summed E-state index contributed by atoms with van der Waals surface area (Å²) >= 11 is 1.42. The van der Waals surface area contributed by atoms with Gasteiger partial charge >= 0.3 is 0 Å². The second kappa shape index (κ2) is 7.50. The number of rotatable bonds is 4. The van der Waals surface area contributed by atoms with Crippen molar-refractivity contribution in [2.45, 2.75) is 12.1 Å². The first-order valence-electron chi connectivity index (χ1n) is 9.14. The third kappa shape index (κ3) is 3.60. The molecule has 0 bridgehead atoms. The zero-order valence-corrected chi connectivity index (χ0v) is 17.0. The highest BCUT2D eigenvalue weighted by atomic mass is 32.1. The van der Waals surface area contributed by atoms with Gasteiger partial charge in [0, 0.05) is 37.5 Å². The SMILES string of the molecule is CN(C)C[C@@H]1OCCN(C(=O)c2ccc3sc(N)nc3c2)[C@H]1c1cnn(C)c1. The largest absolute Gasteiger partial charge is 0.375 e. The van der Waals surface area contributed by atoms with Crippen molar-refractivity contribution in [3.05, 3.63) is 41.7 Å². The summed E-state index contributed by atoms with van der Waals surface area (Å²) in [6, 6.07) is 5.38. The van der Waals surface area contributed by atoms with Crippen LogP contribution in [0.15, 0.2) is 30.6 Å². The third-order valence-corrected chi connectivity index (χ3v) is 5.74. The molecule has 3 heterocycles. The maximum atomic E-state index is 13.4. The second-order valence-electron chi connectivity index (χ2n) is 7.30. The number of carbonyl (C=O) groups is 1. The van der Waals surface area contributed by atoms with Crippen LogP contribution in [-0.2, 0) is 11.8 Å². The predicted molar refractivity (Wildman–Crippen MR) is 109 cm³/mol. The van der Waals surface area contributed by atoms with Gasteiger partial charge in [-0.05, 0) is 32.3 Å². The zero-order valence-electron chi connectivity index (χ0n) is 16.2. The van der Waals surface area contributed by atoms with Crippen molar-refractivity contribution in [2.24, 2.45) is 7.05 Å². The number of likely N-dealkylation sites (N-methyl/N-ethyl adjacent to an activating group) is 1. The van der Waals surface area contributed by atoms with Crippen molar-refractivity contribution in [2.75, 3.05) is 39.5 Å². The van der Waals surface area contributed by atoms with Crippen LogP contribution in [0.1, 0.15) is 22.0 Å². The Morgan fingerprint density at radius 1 is 1.43 bits per heavy atom. The lowest BCUT2D eigenvalue weighted by Gasteiger charge is -2.41. The monoisotopic (exact) mass is 400 g/mol. The van der Waals surface area contributed by atoms with Gasteiger partial charge in [0.25, 0.3) is 5.91 Å². The van der Waals surface area contributed by atoms with E-state index in [0.717, 1.165) is 15.8 Å². The molecule has 0 aliphatic carbocycles. The summed E-state index contributed by atoms with van der Waals surface area (Å²) < 4.78 is 8.79. The van der Waals surface area contributed by atoms with E-state index in [-0.39, 0.29) is 18.1 Å². The molecule has 1 fully saturated rings. The molecule has 0 spiro atoms. The topological polar surface area (TPSA) is 89.5 Å². The minimum absolute atomic E-state index is 0.0330. The van der Waals surface area contributed by atoms with Crippen molar-refractivity contribution < 1.29 is 9.53 Å². The Morgan fingerprint density at radius 3 is 2.96 bits per heavy atom. The van der Waals surface area contributed by atoms with E-state index in [0.29, 0.717) is 30.4 Å². The summed E-state index contributed by atoms with van der Waals surface area (Å²) in [5.74, 6) is -0.0330. The standard InChI is InChI=1S/C19H24N6O2S/c1-23(2)11-15-17(13-9-21-24(3)10-13)25(6-7-27-15)18(26)12-4-5-16-14(8-12)22-19(20)28-16/h4-5,8-10,15,17H,6-7,11H2,1-3H3,(H2,20,22)/t15-,17-/m0/s1. The number of morpholine rings is 1. The lowest BCUT2D eigenvalue weighted by atomic mass is 9.99. The molecule has 0 unspecified atom stereocenters. The van der Waals surface area contributed by atoms with Crippen molar-refractivity contribution >= 4 is 32.6 Å². The number of hydrogen-bond acceptors (Lipinski definition) is 7. The zero-order chi connectivity index (χ0) is 19.8. The molecular formula is C19H24N6O2S. The van der Waals surface area contributed by atoms with Crippen LogP contribution in [-0.4, -0.2) is 70.4 Å². The average Bonchev–Trinajstić information content (AvgIpc) is 3.24. The Hall–Kier alpha value is -2.49. The molecule has 28 heavy (non-hydrogen) atoms. The van der Waals surface area contributed by atoms with E-state index >= 15 is 0 Å². The minimum atomic E-state index is -0.200.